The number of carbonyl (C=O) groups is 2. The maximum Gasteiger partial charge on any atom is 0.414 e. The van der Waals surface area contributed by atoms with Crippen molar-refractivity contribution in [3.63, 3.8) is 0 Å². The van der Waals surface area contributed by atoms with Crippen molar-refractivity contribution in [3.05, 3.63) is 11.6 Å². The summed E-state index contributed by atoms with van der Waals surface area (Å²) in [6.45, 7) is 6.73. The van der Waals surface area contributed by atoms with E-state index in [9.17, 15) is 14.7 Å². The van der Waals surface area contributed by atoms with Crippen LogP contribution in [-0.2, 0) is 19.0 Å². The highest BCUT2D eigenvalue weighted by molar-refractivity contribution is 6.28. The lowest BCUT2D eigenvalue weighted by Crippen LogP contribution is -2.61. The van der Waals surface area contributed by atoms with Gasteiger partial charge in [-0.1, -0.05) is 11.6 Å². The highest BCUT2D eigenvalue weighted by atomic mass is 35.5. The van der Waals surface area contributed by atoms with Crippen LogP contribution in [0.25, 0.3) is 0 Å². The molecular weight excluding hydrogens is 374 g/mol. The molecule has 1 N–H and O–H groups in total. The Morgan fingerprint density at radius 3 is 2.56 bits per heavy atom. The molecule has 2 saturated heterocycles. The van der Waals surface area contributed by atoms with Gasteiger partial charge in [-0.15, -0.1) is 11.6 Å². The molecule has 2 amide bonds. The van der Waals surface area contributed by atoms with Crippen molar-refractivity contribution in [2.24, 2.45) is 5.92 Å². The Hall–Kier alpha value is -1.15. The van der Waals surface area contributed by atoms with Gasteiger partial charge in [-0.05, 0) is 40.0 Å². The number of imide groups is 1. The minimum atomic E-state index is -1.30. The van der Waals surface area contributed by atoms with Crippen LogP contribution in [0, 0.1) is 5.92 Å². The van der Waals surface area contributed by atoms with Crippen LogP contribution in [0.4, 0.5) is 4.79 Å². The number of allylic oxidation sites excluding steroid dienone is 1. The molecule has 3 aliphatic rings. The molecule has 152 valence electrons. The Bertz CT molecular complexity index is 644. The summed E-state index contributed by atoms with van der Waals surface area (Å²) < 4.78 is 17.7. The van der Waals surface area contributed by atoms with E-state index in [2.05, 4.69) is 6.08 Å². The van der Waals surface area contributed by atoms with Crippen LogP contribution in [0.5, 0.6) is 0 Å². The molecule has 7 nitrogen and oxygen atoms in total. The molecule has 8 heteroatoms. The minimum absolute atomic E-state index is 0.0249. The fourth-order valence-electron chi connectivity index (χ4n) is 4.74. The molecule has 2 heterocycles. The van der Waals surface area contributed by atoms with Gasteiger partial charge in [0.1, 0.15) is 11.5 Å². The van der Waals surface area contributed by atoms with E-state index < -0.39 is 29.7 Å². The lowest BCUT2D eigenvalue weighted by molar-refractivity contribution is -0.139. The molecule has 0 aromatic rings. The lowest BCUT2D eigenvalue weighted by atomic mass is 9.67. The summed E-state index contributed by atoms with van der Waals surface area (Å²) in [6.07, 6.45) is 2.29. The van der Waals surface area contributed by atoms with E-state index in [0.29, 0.717) is 19.4 Å². The van der Waals surface area contributed by atoms with E-state index in [0.717, 1.165) is 11.3 Å². The average Bonchev–Trinajstić information content (AvgIpc) is 3.52. The molecule has 2 aliphatic heterocycles. The first-order valence-corrected chi connectivity index (χ1v) is 9.82. The smallest absolute Gasteiger partial charge is 0.414 e. The van der Waals surface area contributed by atoms with E-state index in [1.54, 1.807) is 7.11 Å². The summed E-state index contributed by atoms with van der Waals surface area (Å²) in [4.78, 5) is 24.8. The van der Waals surface area contributed by atoms with Gasteiger partial charge in [0.15, 0.2) is 0 Å². The lowest BCUT2D eigenvalue weighted by Gasteiger charge is -2.45. The SMILES string of the molecule is CO[C@@H]1[C@H](N(C(=O)O)C(=O)CCl)CC[C@]2(CO2)[C@@H]1[C@@]1(C)O[C@H]1CC=C(C)C. The van der Waals surface area contributed by atoms with E-state index >= 15 is 0 Å². The molecule has 1 saturated carbocycles. The fraction of sp³-hybridized carbons (Fsp3) is 0.789. The first kappa shape index (κ1) is 20.6. The number of nitrogens with zero attached hydrogens (tertiary/aromatic N) is 1. The van der Waals surface area contributed by atoms with Gasteiger partial charge in [-0.25, -0.2) is 9.69 Å². The number of halogens is 1. The molecule has 0 bridgehead atoms. The van der Waals surface area contributed by atoms with Gasteiger partial charge in [0.25, 0.3) is 0 Å². The van der Waals surface area contributed by atoms with E-state index in [1.807, 2.05) is 20.8 Å². The number of carboxylic acid groups (broad SMARTS) is 1. The van der Waals surface area contributed by atoms with E-state index in [-0.39, 0.29) is 23.5 Å². The number of amides is 2. The van der Waals surface area contributed by atoms with Gasteiger partial charge < -0.3 is 19.3 Å². The summed E-state index contributed by atoms with van der Waals surface area (Å²) in [5.41, 5.74) is 0.385. The number of methoxy groups -OCH3 is 1. The Balaban J connectivity index is 1.88. The molecule has 1 spiro atoms. The molecule has 3 rings (SSSR count). The first-order valence-electron chi connectivity index (χ1n) is 9.29. The standard InChI is InChI=1S/C19H28ClNO6/c1-11(2)5-6-13-18(3,27-13)16-15(25-4)12(7-8-19(16)10-26-19)21(17(23)24)14(22)9-20/h5,12-13,15-16H,6-10H2,1-4H3,(H,23,24)/t12-,13+,15-,16+,18+,19+/m1/s1. The number of hydrogen-bond donors (Lipinski definition) is 1. The number of rotatable bonds is 6. The highest BCUT2D eigenvalue weighted by Crippen LogP contribution is 2.59. The quantitative estimate of drug-likeness (QED) is 0.418. The van der Waals surface area contributed by atoms with E-state index in [4.69, 9.17) is 25.8 Å². The summed E-state index contributed by atoms with van der Waals surface area (Å²) in [6, 6.07) is -0.608. The highest BCUT2D eigenvalue weighted by Gasteiger charge is 2.72. The normalized spacial score (nSPS) is 39.7. The summed E-state index contributed by atoms with van der Waals surface area (Å²) in [5.74, 6) is -1.18. The van der Waals surface area contributed by atoms with Gasteiger partial charge >= 0.3 is 6.09 Å². The number of carbonyl (C=O) groups excluding carboxylic acids is 1. The zero-order valence-corrected chi connectivity index (χ0v) is 17.0. The van der Waals surface area contributed by atoms with Crippen molar-refractivity contribution in [2.45, 2.75) is 69.5 Å². The van der Waals surface area contributed by atoms with Crippen LogP contribution < -0.4 is 0 Å². The zero-order chi connectivity index (χ0) is 20.0. The third-order valence-corrected chi connectivity index (χ3v) is 6.41. The van der Waals surface area contributed by atoms with Crippen LogP contribution in [0.15, 0.2) is 11.6 Å². The monoisotopic (exact) mass is 401 g/mol. The van der Waals surface area contributed by atoms with Crippen molar-refractivity contribution >= 4 is 23.6 Å². The average molecular weight is 402 g/mol. The Labute approximate surface area is 164 Å². The Morgan fingerprint density at radius 2 is 2.07 bits per heavy atom. The van der Waals surface area contributed by atoms with Crippen molar-refractivity contribution in [1.82, 2.24) is 4.90 Å². The third kappa shape index (κ3) is 3.62. The fourth-order valence-corrected chi connectivity index (χ4v) is 4.87. The second-order valence-corrected chi connectivity index (χ2v) is 8.39. The molecular formula is C19H28ClNO6. The van der Waals surface area contributed by atoms with Gasteiger partial charge in [-0.2, -0.15) is 0 Å². The molecule has 0 radical (unpaired) electrons. The van der Waals surface area contributed by atoms with Crippen LogP contribution in [0.1, 0.15) is 40.0 Å². The topological polar surface area (TPSA) is 91.9 Å². The molecule has 6 atom stereocenters. The first-order chi connectivity index (χ1) is 12.7. The second kappa shape index (κ2) is 7.35. The second-order valence-electron chi connectivity index (χ2n) is 8.12. The molecule has 27 heavy (non-hydrogen) atoms. The summed E-state index contributed by atoms with van der Waals surface area (Å²) in [7, 11) is 1.55. The Kier molecular flexibility index (Phi) is 5.60. The van der Waals surface area contributed by atoms with Gasteiger partial charge in [0, 0.05) is 13.0 Å². The van der Waals surface area contributed by atoms with Crippen molar-refractivity contribution in [2.75, 3.05) is 19.6 Å². The molecule has 0 aromatic heterocycles. The molecule has 3 fully saturated rings. The number of hydrogen-bond acceptors (Lipinski definition) is 5. The van der Waals surface area contributed by atoms with Crippen LogP contribution in [0.2, 0.25) is 0 Å². The predicted octanol–water partition coefficient (Wildman–Crippen LogP) is 2.81. The Morgan fingerprint density at radius 1 is 1.41 bits per heavy atom. The third-order valence-electron chi connectivity index (χ3n) is 6.18. The molecule has 1 aliphatic carbocycles. The maximum absolute atomic E-state index is 12.2. The molecule has 0 unspecified atom stereocenters. The number of epoxide rings is 2. The van der Waals surface area contributed by atoms with Crippen LogP contribution in [-0.4, -0.2) is 71.1 Å². The van der Waals surface area contributed by atoms with Crippen molar-refractivity contribution in [1.29, 1.82) is 0 Å². The van der Waals surface area contributed by atoms with Gasteiger partial charge in [-0.3, -0.25) is 4.79 Å². The van der Waals surface area contributed by atoms with E-state index in [1.165, 1.54) is 5.57 Å². The maximum atomic E-state index is 12.2. The van der Waals surface area contributed by atoms with Crippen LogP contribution in [0.3, 0.4) is 0 Å². The van der Waals surface area contributed by atoms with Crippen molar-refractivity contribution in [3.8, 4) is 0 Å². The van der Waals surface area contributed by atoms with Gasteiger partial charge in [0.2, 0.25) is 5.91 Å². The number of alkyl halides is 1. The molecule has 0 aromatic carbocycles. The van der Waals surface area contributed by atoms with Gasteiger partial charge in [0.05, 0.1) is 30.5 Å². The minimum Gasteiger partial charge on any atom is -0.465 e. The zero-order valence-electron chi connectivity index (χ0n) is 16.2. The predicted molar refractivity (Wildman–Crippen MR) is 98.9 cm³/mol. The number of ether oxygens (including phenoxy) is 3. The summed E-state index contributed by atoms with van der Waals surface area (Å²) in [5, 5.41) is 9.61. The largest absolute Gasteiger partial charge is 0.465 e. The van der Waals surface area contributed by atoms with Crippen LogP contribution >= 0.6 is 11.6 Å². The summed E-state index contributed by atoms with van der Waals surface area (Å²) >= 11 is 5.65. The van der Waals surface area contributed by atoms with Crippen molar-refractivity contribution < 1.29 is 28.9 Å².